The maximum atomic E-state index is 12.2. The van der Waals surface area contributed by atoms with Gasteiger partial charge in [0.25, 0.3) is 0 Å². The summed E-state index contributed by atoms with van der Waals surface area (Å²) < 4.78 is 0. The van der Waals surface area contributed by atoms with Gasteiger partial charge in [-0.3, -0.25) is 4.79 Å². The molecule has 2 rings (SSSR count). The third-order valence-electron chi connectivity index (χ3n) is 3.35. The van der Waals surface area contributed by atoms with Crippen LogP contribution in [0.2, 0.25) is 0 Å². The fraction of sp³-hybridized carbons (Fsp3) is 0.333. The normalized spacial score (nSPS) is 12.1. The molecule has 1 aromatic heterocycles. The fourth-order valence-electron chi connectivity index (χ4n) is 2.06. The van der Waals surface area contributed by atoms with E-state index in [9.17, 15) is 4.79 Å². The molecule has 2 aromatic rings. The number of nitrogens with zero attached hydrogens (tertiary/aromatic N) is 2. The first-order chi connectivity index (χ1) is 9.56. The minimum atomic E-state index is 0.103. The summed E-state index contributed by atoms with van der Waals surface area (Å²) in [6.45, 7) is 2.55. The van der Waals surface area contributed by atoms with Crippen LogP contribution in [0, 0.1) is 0 Å². The Balaban J connectivity index is 1.91. The summed E-state index contributed by atoms with van der Waals surface area (Å²) in [6.07, 6.45) is 3.91. The lowest BCUT2D eigenvalue weighted by atomic mass is 9.97. The van der Waals surface area contributed by atoms with Crippen LogP contribution in [0.25, 0.3) is 0 Å². The summed E-state index contributed by atoms with van der Waals surface area (Å²) in [5, 5.41) is 0. The number of aromatic amines is 1. The SMILES string of the molecule is CC(CC(=O)N(C)Cc1ncc[nH]1)c1ccc(N)cc1. The van der Waals surface area contributed by atoms with Gasteiger partial charge in [0.15, 0.2) is 0 Å². The van der Waals surface area contributed by atoms with E-state index in [0.717, 1.165) is 17.1 Å². The van der Waals surface area contributed by atoms with Crippen LogP contribution < -0.4 is 5.73 Å². The molecule has 0 bridgehead atoms. The van der Waals surface area contributed by atoms with Gasteiger partial charge in [0, 0.05) is 31.5 Å². The van der Waals surface area contributed by atoms with Crippen molar-refractivity contribution in [2.75, 3.05) is 12.8 Å². The first-order valence-electron chi connectivity index (χ1n) is 6.64. The number of H-pyrrole nitrogens is 1. The number of amides is 1. The Morgan fingerprint density at radius 2 is 2.10 bits per heavy atom. The summed E-state index contributed by atoms with van der Waals surface area (Å²) in [4.78, 5) is 21.0. The second-order valence-corrected chi connectivity index (χ2v) is 5.06. The van der Waals surface area contributed by atoms with E-state index < -0.39 is 0 Å². The van der Waals surface area contributed by atoms with Crippen LogP contribution in [0.4, 0.5) is 5.69 Å². The smallest absolute Gasteiger partial charge is 0.223 e. The number of benzene rings is 1. The van der Waals surface area contributed by atoms with E-state index in [1.165, 1.54) is 0 Å². The van der Waals surface area contributed by atoms with Gasteiger partial charge in [-0.25, -0.2) is 4.98 Å². The molecule has 5 heteroatoms. The summed E-state index contributed by atoms with van der Waals surface area (Å²) >= 11 is 0. The molecule has 3 N–H and O–H groups in total. The van der Waals surface area contributed by atoms with E-state index in [1.54, 1.807) is 24.3 Å². The molecule has 0 aliphatic heterocycles. The molecule has 20 heavy (non-hydrogen) atoms. The summed E-state index contributed by atoms with van der Waals surface area (Å²) in [6, 6.07) is 7.67. The molecule has 1 amide bonds. The molecule has 0 saturated carbocycles. The predicted octanol–water partition coefficient (Wildman–Crippen LogP) is 2.14. The zero-order valence-electron chi connectivity index (χ0n) is 11.8. The molecular formula is C15H20N4O. The quantitative estimate of drug-likeness (QED) is 0.819. The minimum absolute atomic E-state index is 0.103. The molecule has 0 spiro atoms. The number of hydrogen-bond donors (Lipinski definition) is 2. The molecular weight excluding hydrogens is 252 g/mol. The van der Waals surface area contributed by atoms with Crippen LogP contribution in [-0.4, -0.2) is 27.8 Å². The van der Waals surface area contributed by atoms with Gasteiger partial charge in [-0.2, -0.15) is 0 Å². The van der Waals surface area contributed by atoms with Crippen LogP contribution in [0.5, 0.6) is 0 Å². The van der Waals surface area contributed by atoms with Crippen LogP contribution in [0.1, 0.15) is 30.7 Å². The van der Waals surface area contributed by atoms with Crippen molar-refractivity contribution in [2.24, 2.45) is 0 Å². The molecule has 1 heterocycles. The van der Waals surface area contributed by atoms with Gasteiger partial charge in [0.2, 0.25) is 5.91 Å². The Kier molecular flexibility index (Phi) is 4.40. The summed E-state index contributed by atoms with van der Waals surface area (Å²) in [5.41, 5.74) is 7.53. The molecule has 1 aromatic carbocycles. The average Bonchev–Trinajstić information content (AvgIpc) is 2.92. The Morgan fingerprint density at radius 1 is 1.40 bits per heavy atom. The van der Waals surface area contributed by atoms with Crippen molar-refractivity contribution >= 4 is 11.6 Å². The van der Waals surface area contributed by atoms with Crippen molar-refractivity contribution in [1.82, 2.24) is 14.9 Å². The lowest BCUT2D eigenvalue weighted by Crippen LogP contribution is -2.27. The lowest BCUT2D eigenvalue weighted by molar-refractivity contribution is -0.130. The van der Waals surface area contributed by atoms with Crippen molar-refractivity contribution in [2.45, 2.75) is 25.8 Å². The van der Waals surface area contributed by atoms with E-state index >= 15 is 0 Å². The van der Waals surface area contributed by atoms with Crippen LogP contribution in [0.3, 0.4) is 0 Å². The monoisotopic (exact) mass is 272 g/mol. The molecule has 106 valence electrons. The van der Waals surface area contributed by atoms with Gasteiger partial charge >= 0.3 is 0 Å². The van der Waals surface area contributed by atoms with E-state index in [0.29, 0.717) is 13.0 Å². The van der Waals surface area contributed by atoms with Crippen LogP contribution >= 0.6 is 0 Å². The van der Waals surface area contributed by atoms with Crippen LogP contribution in [-0.2, 0) is 11.3 Å². The number of anilines is 1. The zero-order chi connectivity index (χ0) is 14.5. The van der Waals surface area contributed by atoms with Crippen molar-refractivity contribution in [3.8, 4) is 0 Å². The number of carbonyl (C=O) groups excluding carboxylic acids is 1. The number of rotatable bonds is 5. The van der Waals surface area contributed by atoms with E-state index in [1.807, 2.05) is 31.2 Å². The molecule has 1 atom stereocenters. The van der Waals surface area contributed by atoms with Crippen molar-refractivity contribution in [3.05, 3.63) is 48.0 Å². The standard InChI is InChI=1S/C15H20N4O/c1-11(12-3-5-13(16)6-4-12)9-15(20)19(2)10-14-17-7-8-18-14/h3-8,11H,9-10,16H2,1-2H3,(H,17,18). The highest BCUT2D eigenvalue weighted by atomic mass is 16.2. The third kappa shape index (κ3) is 3.60. The van der Waals surface area contributed by atoms with Gasteiger partial charge in [0.1, 0.15) is 5.82 Å². The highest BCUT2D eigenvalue weighted by Crippen LogP contribution is 2.21. The van der Waals surface area contributed by atoms with E-state index in [4.69, 9.17) is 5.73 Å². The van der Waals surface area contributed by atoms with Gasteiger partial charge in [0.05, 0.1) is 6.54 Å². The Labute approximate surface area is 118 Å². The van der Waals surface area contributed by atoms with Gasteiger partial charge in [-0.05, 0) is 23.6 Å². The second-order valence-electron chi connectivity index (χ2n) is 5.06. The molecule has 0 fully saturated rings. The maximum absolute atomic E-state index is 12.2. The zero-order valence-corrected chi connectivity index (χ0v) is 11.8. The van der Waals surface area contributed by atoms with Crippen molar-refractivity contribution in [3.63, 3.8) is 0 Å². The van der Waals surface area contributed by atoms with Gasteiger partial charge < -0.3 is 15.6 Å². The number of nitrogens with one attached hydrogen (secondary N) is 1. The van der Waals surface area contributed by atoms with Crippen molar-refractivity contribution in [1.29, 1.82) is 0 Å². The number of aromatic nitrogens is 2. The summed E-state index contributed by atoms with van der Waals surface area (Å²) in [7, 11) is 1.79. The first kappa shape index (κ1) is 14.1. The van der Waals surface area contributed by atoms with Crippen LogP contribution in [0.15, 0.2) is 36.7 Å². The largest absolute Gasteiger partial charge is 0.399 e. The number of nitrogens with two attached hydrogens (primary N) is 1. The Bertz CT molecular complexity index is 548. The molecule has 0 aliphatic carbocycles. The number of hydrogen-bond acceptors (Lipinski definition) is 3. The van der Waals surface area contributed by atoms with E-state index in [-0.39, 0.29) is 11.8 Å². The second kappa shape index (κ2) is 6.23. The molecule has 5 nitrogen and oxygen atoms in total. The number of nitrogen functional groups attached to an aromatic ring is 1. The highest BCUT2D eigenvalue weighted by Gasteiger charge is 2.15. The Hall–Kier alpha value is -2.30. The lowest BCUT2D eigenvalue weighted by Gasteiger charge is -2.19. The predicted molar refractivity (Wildman–Crippen MR) is 78.9 cm³/mol. The molecule has 1 unspecified atom stereocenters. The van der Waals surface area contributed by atoms with Gasteiger partial charge in [-0.1, -0.05) is 19.1 Å². The maximum Gasteiger partial charge on any atom is 0.223 e. The van der Waals surface area contributed by atoms with Gasteiger partial charge in [-0.15, -0.1) is 0 Å². The average molecular weight is 272 g/mol. The molecule has 0 radical (unpaired) electrons. The topological polar surface area (TPSA) is 75.0 Å². The molecule has 0 aliphatic rings. The Morgan fingerprint density at radius 3 is 2.70 bits per heavy atom. The van der Waals surface area contributed by atoms with E-state index in [2.05, 4.69) is 9.97 Å². The fourth-order valence-corrected chi connectivity index (χ4v) is 2.06. The third-order valence-corrected chi connectivity index (χ3v) is 3.35. The number of carbonyl (C=O) groups is 1. The number of imidazole rings is 1. The van der Waals surface area contributed by atoms with Crippen molar-refractivity contribution < 1.29 is 4.79 Å². The summed E-state index contributed by atoms with van der Waals surface area (Å²) in [5.74, 6) is 1.06. The minimum Gasteiger partial charge on any atom is -0.399 e. The molecule has 0 saturated heterocycles. The first-order valence-corrected chi connectivity index (χ1v) is 6.64. The highest BCUT2D eigenvalue weighted by molar-refractivity contribution is 5.76.